The highest BCUT2D eigenvalue weighted by atomic mass is 79.9. The van der Waals surface area contributed by atoms with E-state index < -0.39 is 7.92 Å². The molecule has 0 unspecified atom stereocenters. The first-order valence-corrected chi connectivity index (χ1v) is 12.5. The number of benzene rings is 4. The van der Waals surface area contributed by atoms with Crippen molar-refractivity contribution in [3.8, 4) is 5.75 Å². The molecular weight excluding hydrogens is 451 g/mol. The first-order chi connectivity index (χ1) is 14.8. The van der Waals surface area contributed by atoms with E-state index in [-0.39, 0.29) is 0 Å². The molecule has 0 aromatic heterocycles. The van der Waals surface area contributed by atoms with E-state index >= 15 is 0 Å². The largest absolute Gasteiger partial charge is 0.494 e. The van der Waals surface area contributed by atoms with E-state index in [1.54, 1.807) is 0 Å². The van der Waals surface area contributed by atoms with Crippen molar-refractivity contribution in [2.24, 2.45) is 0 Å². The Morgan fingerprint density at radius 1 is 0.600 bits per heavy atom. The van der Waals surface area contributed by atoms with Gasteiger partial charge in [0.1, 0.15) is 5.75 Å². The van der Waals surface area contributed by atoms with E-state index in [2.05, 4.69) is 113 Å². The fourth-order valence-corrected chi connectivity index (χ4v) is 5.86. The van der Waals surface area contributed by atoms with E-state index in [9.17, 15) is 0 Å². The Hall–Kier alpha value is -2.41. The van der Waals surface area contributed by atoms with Crippen molar-refractivity contribution in [3.63, 3.8) is 0 Å². The fraction of sp³-hybridized carbons (Fsp3) is 0.111. The van der Waals surface area contributed by atoms with Crippen molar-refractivity contribution in [1.29, 1.82) is 0 Å². The number of para-hydroxylation sites is 1. The third-order valence-electron chi connectivity index (χ3n) is 4.46. The highest BCUT2D eigenvalue weighted by Crippen LogP contribution is 2.32. The minimum Gasteiger partial charge on any atom is -0.494 e. The molecule has 1 nitrogen and oxygen atoms in total. The van der Waals surface area contributed by atoms with Gasteiger partial charge >= 0.3 is 0 Å². The Morgan fingerprint density at radius 2 is 1.00 bits per heavy atom. The van der Waals surface area contributed by atoms with Gasteiger partial charge in [-0.3, -0.25) is 0 Å². The molecule has 152 valence electrons. The molecule has 0 radical (unpaired) electrons. The van der Waals surface area contributed by atoms with E-state index in [1.807, 2.05) is 25.1 Å². The maximum absolute atomic E-state index is 5.40. The molecule has 0 aliphatic rings. The first-order valence-electron chi connectivity index (χ1n) is 10.1. The summed E-state index contributed by atoms with van der Waals surface area (Å²) in [7, 11) is -0.446. The summed E-state index contributed by atoms with van der Waals surface area (Å²) in [4.78, 5) is 0. The summed E-state index contributed by atoms with van der Waals surface area (Å²) < 4.78 is 5.40. The molecule has 30 heavy (non-hydrogen) atoms. The number of ether oxygens (including phenoxy) is 1. The molecule has 4 aromatic carbocycles. The summed E-state index contributed by atoms with van der Waals surface area (Å²) in [5.41, 5.74) is 1.20. The van der Waals surface area contributed by atoms with Crippen molar-refractivity contribution in [2.45, 2.75) is 12.3 Å². The zero-order chi connectivity index (χ0) is 21.0. The highest BCUT2D eigenvalue weighted by Gasteiger charge is 2.14. The lowest BCUT2D eigenvalue weighted by Crippen LogP contribution is -2.20. The Morgan fingerprint density at radius 3 is 1.40 bits per heavy atom. The van der Waals surface area contributed by atoms with Crippen LogP contribution in [0.5, 0.6) is 5.75 Å². The molecule has 0 atom stereocenters. The third-order valence-corrected chi connectivity index (χ3v) is 7.51. The van der Waals surface area contributed by atoms with Gasteiger partial charge in [-0.15, -0.1) is 0 Å². The van der Waals surface area contributed by atoms with Gasteiger partial charge in [0.25, 0.3) is 0 Å². The lowest BCUT2D eigenvalue weighted by atomic mass is 10.2. The Bertz CT molecular complexity index is 897. The summed E-state index contributed by atoms with van der Waals surface area (Å²) in [6.07, 6.45) is 0. The van der Waals surface area contributed by atoms with Crippen LogP contribution in [0.3, 0.4) is 0 Å². The molecule has 0 saturated heterocycles. The van der Waals surface area contributed by atoms with E-state index in [4.69, 9.17) is 4.74 Å². The number of hydrogen-bond acceptors (Lipinski definition) is 1. The van der Waals surface area contributed by atoms with Gasteiger partial charge in [-0.1, -0.05) is 125 Å². The van der Waals surface area contributed by atoms with Crippen molar-refractivity contribution in [2.75, 3.05) is 6.61 Å². The van der Waals surface area contributed by atoms with Crippen molar-refractivity contribution in [1.82, 2.24) is 0 Å². The molecule has 0 spiro atoms. The number of rotatable bonds is 6. The van der Waals surface area contributed by atoms with Gasteiger partial charge in [-0.2, -0.15) is 0 Å². The number of hydrogen-bond donors (Lipinski definition) is 0. The van der Waals surface area contributed by atoms with E-state index in [0.29, 0.717) is 0 Å². The Labute approximate surface area is 189 Å². The summed E-state index contributed by atoms with van der Waals surface area (Å²) in [6, 6.07) is 40.4. The lowest BCUT2D eigenvalue weighted by molar-refractivity contribution is 0.337. The maximum Gasteiger partial charge on any atom is 0.123 e. The van der Waals surface area contributed by atoms with Crippen molar-refractivity contribution in [3.05, 3.63) is 121 Å². The second-order valence-corrected chi connectivity index (χ2v) is 9.30. The van der Waals surface area contributed by atoms with Gasteiger partial charge < -0.3 is 4.74 Å². The van der Waals surface area contributed by atoms with Gasteiger partial charge in [0, 0.05) is 10.9 Å². The normalized spacial score (nSPS) is 10.2. The SMILES string of the molecule is CCOc1ccccc1CBr.c1ccc(P(c2ccccc2)c2ccccc2)cc1. The summed E-state index contributed by atoms with van der Waals surface area (Å²) in [5, 5.41) is 5.04. The van der Waals surface area contributed by atoms with Crippen LogP contribution in [0.4, 0.5) is 0 Å². The maximum atomic E-state index is 5.40. The average Bonchev–Trinajstić information content (AvgIpc) is 2.82. The molecule has 0 amide bonds. The predicted molar refractivity (Wildman–Crippen MR) is 135 cm³/mol. The van der Waals surface area contributed by atoms with Crippen molar-refractivity contribution < 1.29 is 4.74 Å². The number of halogens is 1. The van der Waals surface area contributed by atoms with Gasteiger partial charge in [-0.05, 0) is 36.8 Å². The van der Waals surface area contributed by atoms with Gasteiger partial charge in [0.05, 0.1) is 6.61 Å². The zero-order valence-corrected chi connectivity index (χ0v) is 19.6. The molecule has 0 fully saturated rings. The van der Waals surface area contributed by atoms with Gasteiger partial charge in [-0.25, -0.2) is 0 Å². The van der Waals surface area contributed by atoms with Crippen LogP contribution in [0.2, 0.25) is 0 Å². The number of alkyl halides is 1. The molecule has 0 N–H and O–H groups in total. The van der Waals surface area contributed by atoms with Crippen LogP contribution in [-0.2, 0) is 5.33 Å². The monoisotopic (exact) mass is 476 g/mol. The van der Waals surface area contributed by atoms with Crippen LogP contribution < -0.4 is 20.7 Å². The van der Waals surface area contributed by atoms with Crippen LogP contribution >= 0.6 is 23.9 Å². The fourth-order valence-electron chi connectivity index (χ4n) is 3.09. The highest BCUT2D eigenvalue weighted by molar-refractivity contribution is 9.08. The zero-order valence-electron chi connectivity index (χ0n) is 17.1. The molecule has 4 aromatic rings. The second kappa shape index (κ2) is 12.3. The molecule has 0 saturated carbocycles. The minimum atomic E-state index is -0.446. The summed E-state index contributed by atoms with van der Waals surface area (Å²) in [5.74, 6) is 0.979. The first kappa shape index (κ1) is 22.3. The topological polar surface area (TPSA) is 9.23 Å². The van der Waals surface area contributed by atoms with Crippen molar-refractivity contribution >= 4 is 39.8 Å². The van der Waals surface area contributed by atoms with Gasteiger partial charge in [0.2, 0.25) is 0 Å². The molecule has 0 aliphatic heterocycles. The summed E-state index contributed by atoms with van der Waals surface area (Å²) >= 11 is 3.40. The molecule has 4 rings (SSSR count). The van der Waals surface area contributed by atoms with Gasteiger partial charge in [0.15, 0.2) is 0 Å². The lowest BCUT2D eigenvalue weighted by Gasteiger charge is -2.18. The predicted octanol–water partition coefficient (Wildman–Crippen LogP) is 6.43. The Kier molecular flexibility index (Phi) is 9.15. The molecule has 0 heterocycles. The standard InChI is InChI=1S/C18H15P.C9H11BrO/c1-4-10-16(11-5-1)19(17-12-6-2-7-13-17)18-14-8-3-9-15-18;1-2-11-9-6-4-3-5-8(9)7-10/h1-15H;3-6H,2,7H2,1H3. The van der Waals surface area contributed by atoms with Crippen LogP contribution in [0.1, 0.15) is 12.5 Å². The molecule has 0 aliphatic carbocycles. The average molecular weight is 477 g/mol. The van der Waals surface area contributed by atoms with Crippen LogP contribution in [0.15, 0.2) is 115 Å². The van der Waals surface area contributed by atoms with E-state index in [1.165, 1.54) is 21.5 Å². The quantitative estimate of drug-likeness (QED) is 0.230. The molecular formula is C27H26BrOP. The Balaban J connectivity index is 0.000000199. The van der Waals surface area contributed by atoms with Crippen LogP contribution in [0.25, 0.3) is 0 Å². The minimum absolute atomic E-state index is 0.446. The third kappa shape index (κ3) is 6.29. The van der Waals surface area contributed by atoms with E-state index in [0.717, 1.165) is 17.7 Å². The smallest absolute Gasteiger partial charge is 0.123 e. The molecule has 3 heteroatoms. The second-order valence-electron chi connectivity index (χ2n) is 6.52. The van der Waals surface area contributed by atoms with Crippen LogP contribution in [0, 0.1) is 0 Å². The van der Waals surface area contributed by atoms with Crippen LogP contribution in [-0.4, -0.2) is 6.61 Å². The summed E-state index contributed by atoms with van der Waals surface area (Å²) in [6.45, 7) is 2.72. The molecule has 0 bridgehead atoms.